The molecule has 0 aliphatic rings. The third-order valence-corrected chi connectivity index (χ3v) is 4.17. The summed E-state index contributed by atoms with van der Waals surface area (Å²) in [6.07, 6.45) is -1.95. The van der Waals surface area contributed by atoms with Crippen LogP contribution in [0, 0.1) is 0 Å². The molecule has 0 radical (unpaired) electrons. The van der Waals surface area contributed by atoms with Gasteiger partial charge in [-0.05, 0) is 30.2 Å². The third kappa shape index (κ3) is 5.56. The minimum atomic E-state index is -4.48. The van der Waals surface area contributed by atoms with Crippen LogP contribution in [0.15, 0.2) is 48.7 Å². The average molecular weight is 407 g/mol. The molecular weight excluding hydrogens is 387 g/mol. The van der Waals surface area contributed by atoms with Crippen molar-refractivity contribution < 1.29 is 27.4 Å². The molecule has 0 aliphatic carbocycles. The average Bonchev–Trinajstić information content (AvgIpc) is 3.09. The van der Waals surface area contributed by atoms with Gasteiger partial charge in [0, 0.05) is 35.4 Å². The van der Waals surface area contributed by atoms with Crippen LogP contribution in [0.1, 0.15) is 5.56 Å². The van der Waals surface area contributed by atoms with Gasteiger partial charge in [-0.15, -0.1) is 0 Å². The van der Waals surface area contributed by atoms with E-state index in [-0.39, 0.29) is 17.2 Å². The molecule has 6 nitrogen and oxygen atoms in total. The number of benzene rings is 2. The Labute approximate surface area is 165 Å². The SMILES string of the molecule is COc1ccc(NC(=O)NCCc2c[nH]c3ccccc23)cc1OCC(F)(F)F. The first-order chi connectivity index (χ1) is 13.9. The number of fused-ring (bicyclic) bond motifs is 1. The Morgan fingerprint density at radius 3 is 2.69 bits per heavy atom. The number of carbonyl (C=O) groups excluding carboxylic acids is 1. The first kappa shape index (κ1) is 20.4. The normalized spacial score (nSPS) is 11.3. The van der Waals surface area contributed by atoms with Gasteiger partial charge in [0.05, 0.1) is 7.11 Å². The lowest BCUT2D eigenvalue weighted by molar-refractivity contribution is -0.153. The molecule has 0 spiro atoms. The highest BCUT2D eigenvalue weighted by molar-refractivity contribution is 5.89. The highest BCUT2D eigenvalue weighted by Crippen LogP contribution is 2.31. The highest BCUT2D eigenvalue weighted by Gasteiger charge is 2.29. The van der Waals surface area contributed by atoms with E-state index in [4.69, 9.17) is 9.47 Å². The van der Waals surface area contributed by atoms with Gasteiger partial charge in [0.2, 0.25) is 0 Å². The van der Waals surface area contributed by atoms with E-state index in [1.165, 1.54) is 25.3 Å². The number of amides is 2. The summed E-state index contributed by atoms with van der Waals surface area (Å²) in [5.74, 6) is 0.0287. The molecule has 0 aliphatic heterocycles. The molecular formula is C20H20F3N3O3. The maximum absolute atomic E-state index is 12.4. The highest BCUT2D eigenvalue weighted by atomic mass is 19.4. The zero-order valence-electron chi connectivity index (χ0n) is 15.6. The Morgan fingerprint density at radius 1 is 1.14 bits per heavy atom. The van der Waals surface area contributed by atoms with Gasteiger partial charge < -0.3 is 25.1 Å². The summed E-state index contributed by atoms with van der Waals surface area (Å²) in [7, 11) is 1.32. The Kier molecular flexibility index (Phi) is 6.16. The predicted octanol–water partition coefficient (Wildman–Crippen LogP) is 4.48. The van der Waals surface area contributed by atoms with Gasteiger partial charge in [-0.2, -0.15) is 13.2 Å². The van der Waals surface area contributed by atoms with Crippen LogP contribution < -0.4 is 20.1 Å². The molecule has 0 saturated carbocycles. The molecule has 3 rings (SSSR count). The Balaban J connectivity index is 1.55. The first-order valence-corrected chi connectivity index (χ1v) is 8.83. The van der Waals surface area contributed by atoms with Crippen LogP contribution in [0.3, 0.4) is 0 Å². The maximum atomic E-state index is 12.4. The topological polar surface area (TPSA) is 75.4 Å². The van der Waals surface area contributed by atoms with E-state index in [1.807, 2.05) is 30.5 Å². The minimum absolute atomic E-state index is 0.110. The number of para-hydroxylation sites is 1. The number of carbonyl (C=O) groups is 1. The van der Waals surface area contributed by atoms with E-state index < -0.39 is 18.8 Å². The van der Waals surface area contributed by atoms with E-state index in [9.17, 15) is 18.0 Å². The summed E-state index contributed by atoms with van der Waals surface area (Å²) < 4.78 is 46.9. The van der Waals surface area contributed by atoms with Gasteiger partial charge in [-0.1, -0.05) is 18.2 Å². The number of hydrogen-bond donors (Lipinski definition) is 3. The van der Waals surface area contributed by atoms with E-state index in [2.05, 4.69) is 15.6 Å². The lowest BCUT2D eigenvalue weighted by Crippen LogP contribution is -2.30. The number of hydrogen-bond acceptors (Lipinski definition) is 3. The molecule has 0 atom stereocenters. The van der Waals surface area contributed by atoms with Crippen LogP contribution in [0.4, 0.5) is 23.7 Å². The molecule has 0 saturated heterocycles. The molecule has 0 bridgehead atoms. The summed E-state index contributed by atoms with van der Waals surface area (Å²) >= 11 is 0. The molecule has 2 aromatic carbocycles. The van der Waals surface area contributed by atoms with E-state index in [1.54, 1.807) is 0 Å². The Bertz CT molecular complexity index is 986. The van der Waals surface area contributed by atoms with Crippen molar-refractivity contribution in [1.29, 1.82) is 0 Å². The van der Waals surface area contributed by atoms with Crippen LogP contribution in [-0.4, -0.2) is 37.5 Å². The molecule has 0 unspecified atom stereocenters. The van der Waals surface area contributed by atoms with Crippen molar-refractivity contribution in [3.63, 3.8) is 0 Å². The molecule has 2 amide bonds. The number of ether oxygens (including phenoxy) is 2. The van der Waals surface area contributed by atoms with Crippen molar-refractivity contribution in [2.75, 3.05) is 25.6 Å². The van der Waals surface area contributed by atoms with Gasteiger partial charge in [0.25, 0.3) is 0 Å². The minimum Gasteiger partial charge on any atom is -0.493 e. The zero-order valence-corrected chi connectivity index (χ0v) is 15.6. The van der Waals surface area contributed by atoms with Crippen LogP contribution in [0.2, 0.25) is 0 Å². The van der Waals surface area contributed by atoms with Gasteiger partial charge in [0.1, 0.15) is 0 Å². The molecule has 9 heteroatoms. The summed E-state index contributed by atoms with van der Waals surface area (Å²) in [5.41, 5.74) is 2.39. The van der Waals surface area contributed by atoms with Crippen molar-refractivity contribution in [1.82, 2.24) is 10.3 Å². The molecule has 1 aromatic heterocycles. The Morgan fingerprint density at radius 2 is 1.93 bits per heavy atom. The van der Waals surface area contributed by atoms with Crippen LogP contribution in [-0.2, 0) is 6.42 Å². The van der Waals surface area contributed by atoms with E-state index >= 15 is 0 Å². The van der Waals surface area contributed by atoms with Crippen molar-refractivity contribution in [2.45, 2.75) is 12.6 Å². The molecule has 3 N–H and O–H groups in total. The predicted molar refractivity (Wildman–Crippen MR) is 104 cm³/mol. The number of H-pyrrole nitrogens is 1. The number of rotatable bonds is 7. The third-order valence-electron chi connectivity index (χ3n) is 4.17. The smallest absolute Gasteiger partial charge is 0.422 e. The maximum Gasteiger partial charge on any atom is 0.422 e. The van der Waals surface area contributed by atoms with Crippen LogP contribution >= 0.6 is 0 Å². The fourth-order valence-corrected chi connectivity index (χ4v) is 2.85. The second-order valence-corrected chi connectivity index (χ2v) is 6.26. The fourth-order valence-electron chi connectivity index (χ4n) is 2.85. The monoisotopic (exact) mass is 407 g/mol. The number of aromatic amines is 1. The number of aromatic nitrogens is 1. The second-order valence-electron chi connectivity index (χ2n) is 6.26. The number of nitrogens with one attached hydrogen (secondary N) is 3. The number of halogens is 3. The standard InChI is InChI=1S/C20H20F3N3O3/c1-28-17-7-6-14(10-18(17)29-12-20(21,22)23)26-19(27)24-9-8-13-11-25-16-5-3-2-4-15(13)16/h2-7,10-11,25H,8-9,12H2,1H3,(H2,24,26,27). The lowest BCUT2D eigenvalue weighted by Gasteiger charge is -2.14. The van der Waals surface area contributed by atoms with Gasteiger partial charge in [-0.3, -0.25) is 0 Å². The molecule has 29 heavy (non-hydrogen) atoms. The number of anilines is 1. The summed E-state index contributed by atoms with van der Waals surface area (Å²) in [6.45, 7) is -1.06. The van der Waals surface area contributed by atoms with Crippen molar-refractivity contribution in [3.05, 3.63) is 54.2 Å². The molecule has 0 fully saturated rings. The zero-order chi connectivity index (χ0) is 20.9. The number of alkyl halides is 3. The van der Waals surface area contributed by atoms with Crippen LogP contribution in [0.5, 0.6) is 11.5 Å². The largest absolute Gasteiger partial charge is 0.493 e. The number of methoxy groups -OCH3 is 1. The van der Waals surface area contributed by atoms with E-state index in [0.29, 0.717) is 13.0 Å². The van der Waals surface area contributed by atoms with Crippen molar-refractivity contribution in [3.8, 4) is 11.5 Å². The van der Waals surface area contributed by atoms with Crippen LogP contribution in [0.25, 0.3) is 10.9 Å². The van der Waals surface area contributed by atoms with Gasteiger partial charge in [0.15, 0.2) is 18.1 Å². The quantitative estimate of drug-likeness (QED) is 0.541. The van der Waals surface area contributed by atoms with Gasteiger partial charge in [-0.25, -0.2) is 4.79 Å². The Hall–Kier alpha value is -3.36. The number of urea groups is 1. The van der Waals surface area contributed by atoms with Gasteiger partial charge >= 0.3 is 12.2 Å². The fraction of sp³-hybridized carbons (Fsp3) is 0.250. The molecule has 154 valence electrons. The second kappa shape index (κ2) is 8.76. The van der Waals surface area contributed by atoms with Crippen molar-refractivity contribution in [2.24, 2.45) is 0 Å². The first-order valence-electron chi connectivity index (χ1n) is 8.83. The molecule has 1 heterocycles. The van der Waals surface area contributed by atoms with Crippen molar-refractivity contribution >= 4 is 22.6 Å². The van der Waals surface area contributed by atoms with E-state index in [0.717, 1.165) is 16.5 Å². The summed E-state index contributed by atoms with van der Waals surface area (Å²) in [6, 6.07) is 11.6. The summed E-state index contributed by atoms with van der Waals surface area (Å²) in [5, 5.41) is 6.39. The lowest BCUT2D eigenvalue weighted by atomic mass is 10.1. The molecule has 3 aromatic rings. The summed E-state index contributed by atoms with van der Waals surface area (Å²) in [4.78, 5) is 15.3.